The maximum atomic E-state index is 5.44. The van der Waals surface area contributed by atoms with E-state index in [2.05, 4.69) is 137 Å². The van der Waals surface area contributed by atoms with Crippen LogP contribution in [0.2, 0.25) is 0 Å². The Morgan fingerprint density at radius 3 is 2.00 bits per heavy atom. The summed E-state index contributed by atoms with van der Waals surface area (Å²) in [5.74, 6) is 0. The van der Waals surface area contributed by atoms with Gasteiger partial charge in [-0.05, 0) is 86.1 Å². The molecule has 3 aromatic heterocycles. The molecule has 0 aliphatic rings. The van der Waals surface area contributed by atoms with Crippen molar-refractivity contribution in [3.8, 4) is 0 Å². The summed E-state index contributed by atoms with van der Waals surface area (Å²) in [4.78, 5) is 5.44. The van der Waals surface area contributed by atoms with Crippen molar-refractivity contribution in [2.24, 2.45) is 16.2 Å². The van der Waals surface area contributed by atoms with E-state index in [-0.39, 0.29) is 16.2 Å². The predicted octanol–water partition coefficient (Wildman–Crippen LogP) is 7.82. The molecule has 0 fully saturated rings. The van der Waals surface area contributed by atoms with Crippen LogP contribution < -0.4 is 11.1 Å². The van der Waals surface area contributed by atoms with E-state index in [1.54, 1.807) is 0 Å². The minimum Gasteiger partial charge on any atom is -0.308 e. The van der Waals surface area contributed by atoms with E-state index >= 15 is 0 Å². The molecule has 0 radical (unpaired) electrons. The molecular formula is C40H46B2N2. The lowest BCUT2D eigenvalue weighted by Gasteiger charge is -2.25. The molecule has 44 heavy (non-hydrogen) atoms. The molecule has 0 N–H and O–H groups in total. The minimum atomic E-state index is 0.120. The Bertz CT molecular complexity index is 2270. The van der Waals surface area contributed by atoms with E-state index in [9.17, 15) is 0 Å². The highest BCUT2D eigenvalue weighted by Gasteiger charge is 2.27. The average molecular weight is 576 g/mol. The molecule has 0 aliphatic carbocycles. The largest absolute Gasteiger partial charge is 0.308 e. The molecule has 2 nitrogen and oxygen atoms in total. The molecule has 0 saturated carbocycles. The summed E-state index contributed by atoms with van der Waals surface area (Å²) in [5, 5.41) is 9.40. The van der Waals surface area contributed by atoms with Crippen molar-refractivity contribution in [3.05, 3.63) is 71.3 Å². The van der Waals surface area contributed by atoms with Crippen molar-refractivity contribution in [3.63, 3.8) is 0 Å². The number of hydrogen-bond donors (Lipinski definition) is 0. The Hall–Kier alpha value is -3.52. The van der Waals surface area contributed by atoms with Crippen LogP contribution in [0.15, 0.2) is 54.6 Å². The van der Waals surface area contributed by atoms with Gasteiger partial charge in [0.25, 0.3) is 0 Å². The zero-order valence-corrected chi connectivity index (χ0v) is 28.7. The van der Waals surface area contributed by atoms with Crippen molar-refractivity contribution in [2.45, 2.75) is 81.6 Å². The molecule has 0 unspecified atom stereocenters. The SMILES string of the molecule is Bc1nc2c3cc4cc(CC(C)(C)C)ccc4c(CC(C)(C)C)c3n3c4ccccc4c4c(CC(C)(C)C)cc(c1B)c2c43. The maximum absolute atomic E-state index is 5.44. The summed E-state index contributed by atoms with van der Waals surface area (Å²) in [6.45, 7) is 21.2. The van der Waals surface area contributed by atoms with Crippen LogP contribution >= 0.6 is 0 Å². The number of benzene rings is 4. The number of para-hydroxylation sites is 1. The van der Waals surface area contributed by atoms with Gasteiger partial charge in [-0.3, -0.25) is 4.98 Å². The fourth-order valence-electron chi connectivity index (χ4n) is 7.81. The topological polar surface area (TPSA) is 17.3 Å². The number of nitrogens with zero attached hydrogens (tertiary/aromatic N) is 2. The molecule has 0 aliphatic heterocycles. The average Bonchev–Trinajstić information content (AvgIpc) is 3.23. The monoisotopic (exact) mass is 576 g/mol. The van der Waals surface area contributed by atoms with Gasteiger partial charge in [0.1, 0.15) is 7.85 Å². The van der Waals surface area contributed by atoms with E-state index in [1.165, 1.54) is 76.4 Å². The van der Waals surface area contributed by atoms with Crippen LogP contribution in [0.4, 0.5) is 0 Å². The second-order valence-electron chi connectivity index (χ2n) is 17.2. The second kappa shape index (κ2) is 9.49. The van der Waals surface area contributed by atoms with Gasteiger partial charge in [0.15, 0.2) is 7.85 Å². The summed E-state index contributed by atoms with van der Waals surface area (Å²) in [6, 6.07) is 21.3. The highest BCUT2D eigenvalue weighted by atomic mass is 14.9. The van der Waals surface area contributed by atoms with Crippen LogP contribution in [0.1, 0.15) is 79.0 Å². The smallest absolute Gasteiger partial charge is 0.163 e. The summed E-state index contributed by atoms with van der Waals surface area (Å²) >= 11 is 0. The third kappa shape index (κ3) is 4.68. The van der Waals surface area contributed by atoms with Crippen LogP contribution in [0, 0.1) is 16.2 Å². The first-order valence-corrected chi connectivity index (χ1v) is 16.5. The zero-order valence-electron chi connectivity index (χ0n) is 28.7. The van der Waals surface area contributed by atoms with Gasteiger partial charge in [-0.2, -0.15) is 0 Å². The molecule has 0 spiro atoms. The van der Waals surface area contributed by atoms with E-state index in [0.29, 0.717) is 0 Å². The fourth-order valence-corrected chi connectivity index (χ4v) is 7.81. The molecule has 4 aromatic carbocycles. The normalized spacial score (nSPS) is 13.6. The number of hydrogen-bond acceptors (Lipinski definition) is 1. The summed E-state index contributed by atoms with van der Waals surface area (Å²) in [5.41, 5.74) is 12.4. The van der Waals surface area contributed by atoms with Crippen LogP contribution in [0.5, 0.6) is 0 Å². The van der Waals surface area contributed by atoms with Gasteiger partial charge in [0.2, 0.25) is 0 Å². The van der Waals surface area contributed by atoms with Crippen LogP contribution in [-0.2, 0) is 19.3 Å². The summed E-state index contributed by atoms with van der Waals surface area (Å²) in [6.07, 6.45) is 3.08. The lowest BCUT2D eigenvalue weighted by molar-refractivity contribution is 0.411. The van der Waals surface area contributed by atoms with Gasteiger partial charge in [-0.1, -0.05) is 110 Å². The Balaban J connectivity index is 1.79. The number of fused-ring (bicyclic) bond motifs is 7. The molecule has 3 heterocycles. The Morgan fingerprint density at radius 2 is 1.32 bits per heavy atom. The molecule has 222 valence electrons. The second-order valence-corrected chi connectivity index (χ2v) is 17.2. The summed E-state index contributed by atoms with van der Waals surface area (Å²) in [7, 11) is 4.46. The zero-order chi connectivity index (χ0) is 31.5. The molecule has 7 rings (SSSR count). The fraction of sp³-hybridized carbons (Fsp3) is 0.375. The molecule has 0 amide bonds. The van der Waals surface area contributed by atoms with Crippen LogP contribution in [0.3, 0.4) is 0 Å². The molecular weight excluding hydrogens is 530 g/mol. The molecule has 7 aromatic rings. The van der Waals surface area contributed by atoms with Crippen molar-refractivity contribution in [1.82, 2.24) is 9.38 Å². The van der Waals surface area contributed by atoms with Crippen molar-refractivity contribution >= 4 is 86.5 Å². The number of rotatable bonds is 3. The van der Waals surface area contributed by atoms with Gasteiger partial charge in [0, 0.05) is 21.5 Å². The first-order valence-electron chi connectivity index (χ1n) is 16.5. The quantitative estimate of drug-likeness (QED) is 0.119. The number of aromatic nitrogens is 2. The minimum absolute atomic E-state index is 0.120. The van der Waals surface area contributed by atoms with Crippen molar-refractivity contribution in [2.75, 3.05) is 0 Å². The standard InChI is InChI=1S/C40H46B2N2/c1-38(2,3)19-22-14-15-25-23(16-22)17-28-34-32-27(33(41)37(42)43-34)18-24(20-39(4,5)6)31-26-12-10-11-13-30(26)44(36(31)32)35(28)29(25)21-40(7,8)9/h10-18H,19-21,41-42H2,1-9H3. The van der Waals surface area contributed by atoms with Crippen LogP contribution in [-0.4, -0.2) is 25.1 Å². The van der Waals surface area contributed by atoms with Crippen molar-refractivity contribution < 1.29 is 0 Å². The lowest BCUT2D eigenvalue weighted by atomic mass is 9.78. The predicted molar refractivity (Wildman–Crippen MR) is 200 cm³/mol. The maximum Gasteiger partial charge on any atom is 0.163 e. The molecule has 0 bridgehead atoms. The molecule has 0 saturated heterocycles. The lowest BCUT2D eigenvalue weighted by Crippen LogP contribution is -2.30. The van der Waals surface area contributed by atoms with E-state index < -0.39 is 0 Å². The van der Waals surface area contributed by atoms with Gasteiger partial charge in [0.05, 0.1) is 22.1 Å². The highest BCUT2D eigenvalue weighted by molar-refractivity contribution is 6.53. The Kier molecular flexibility index (Phi) is 6.30. The third-order valence-corrected chi connectivity index (χ3v) is 9.41. The van der Waals surface area contributed by atoms with E-state index in [0.717, 1.165) is 30.4 Å². The Morgan fingerprint density at radius 1 is 0.636 bits per heavy atom. The van der Waals surface area contributed by atoms with E-state index in [4.69, 9.17) is 4.98 Å². The number of pyridine rings is 2. The van der Waals surface area contributed by atoms with Gasteiger partial charge < -0.3 is 4.40 Å². The van der Waals surface area contributed by atoms with Gasteiger partial charge in [-0.25, -0.2) is 0 Å². The highest BCUT2D eigenvalue weighted by Crippen LogP contribution is 2.45. The van der Waals surface area contributed by atoms with Crippen molar-refractivity contribution in [1.29, 1.82) is 0 Å². The van der Waals surface area contributed by atoms with Crippen LogP contribution in [0.25, 0.3) is 59.8 Å². The Labute approximate surface area is 264 Å². The van der Waals surface area contributed by atoms with E-state index in [1.807, 2.05) is 0 Å². The van der Waals surface area contributed by atoms with Gasteiger partial charge in [-0.15, -0.1) is 0 Å². The molecule has 0 atom stereocenters. The molecule has 4 heteroatoms. The third-order valence-electron chi connectivity index (χ3n) is 9.41. The first kappa shape index (κ1) is 29.2. The van der Waals surface area contributed by atoms with Gasteiger partial charge >= 0.3 is 0 Å². The summed E-state index contributed by atoms with van der Waals surface area (Å²) < 4.78 is 2.64. The first-order chi connectivity index (χ1) is 20.5.